The number of amides is 1. The number of hydrogen-bond donors (Lipinski definition) is 2. The van der Waals surface area contributed by atoms with E-state index in [1.807, 2.05) is 18.2 Å². The van der Waals surface area contributed by atoms with Crippen LogP contribution in [-0.4, -0.2) is 21.5 Å². The third-order valence-corrected chi connectivity index (χ3v) is 6.39. The fraction of sp³-hybridized carbons (Fsp3) is 0.619. The van der Waals surface area contributed by atoms with Gasteiger partial charge in [-0.05, 0) is 63.5 Å². The molecule has 2 saturated carbocycles. The number of rotatable bonds is 4. The van der Waals surface area contributed by atoms with Gasteiger partial charge in [-0.25, -0.2) is 4.98 Å². The van der Waals surface area contributed by atoms with E-state index in [0.29, 0.717) is 30.5 Å². The second kappa shape index (κ2) is 9.47. The molecule has 2 aliphatic carbocycles. The highest BCUT2D eigenvalue weighted by atomic mass is 35.5. The molecule has 2 atom stereocenters. The summed E-state index contributed by atoms with van der Waals surface area (Å²) in [5.74, 6) is 2.28. The molecule has 2 bridgehead atoms. The second-order valence-electron chi connectivity index (χ2n) is 8.40. The lowest BCUT2D eigenvalue weighted by Crippen LogP contribution is -2.49. The summed E-state index contributed by atoms with van der Waals surface area (Å²) in [5, 5.41) is 3.17. The molecule has 5 nitrogen and oxygen atoms in total. The molecule has 2 unspecified atom stereocenters. The average molecular weight is 427 g/mol. The fourth-order valence-electron chi connectivity index (χ4n) is 5.11. The minimum Gasteiger partial charge on any atom is -0.349 e. The van der Waals surface area contributed by atoms with Gasteiger partial charge in [-0.3, -0.25) is 4.79 Å². The van der Waals surface area contributed by atoms with Crippen LogP contribution in [0.3, 0.4) is 0 Å². The van der Waals surface area contributed by atoms with Crippen LogP contribution in [0.25, 0.3) is 11.0 Å². The van der Waals surface area contributed by atoms with Crippen molar-refractivity contribution in [3.63, 3.8) is 0 Å². The lowest BCUT2D eigenvalue weighted by atomic mass is 9.65. The highest BCUT2D eigenvalue weighted by molar-refractivity contribution is 5.85. The van der Waals surface area contributed by atoms with E-state index in [9.17, 15) is 4.79 Å². The topological polar surface area (TPSA) is 72.9 Å². The average Bonchev–Trinajstić information content (AvgIpc) is 2.98. The number of carbonyl (C=O) groups excluding carboxylic acids is 1. The molecule has 156 valence electrons. The van der Waals surface area contributed by atoms with Crippen LogP contribution in [0.1, 0.15) is 57.8 Å². The Balaban J connectivity index is 0.00000140. The molecule has 2 aromatic rings. The summed E-state index contributed by atoms with van der Waals surface area (Å²) >= 11 is 0. The Hall–Kier alpha value is -1.30. The van der Waals surface area contributed by atoms with Crippen molar-refractivity contribution in [2.45, 2.75) is 64.6 Å². The number of para-hydroxylation sites is 2. The molecule has 1 heterocycles. The van der Waals surface area contributed by atoms with Gasteiger partial charge in [0, 0.05) is 18.0 Å². The summed E-state index contributed by atoms with van der Waals surface area (Å²) in [6, 6.07) is 8.78. The Morgan fingerprint density at radius 2 is 1.86 bits per heavy atom. The molecular formula is C21H32Cl2N4O. The van der Waals surface area contributed by atoms with Gasteiger partial charge < -0.3 is 15.6 Å². The van der Waals surface area contributed by atoms with Crippen molar-refractivity contribution in [3.8, 4) is 0 Å². The third kappa shape index (κ3) is 4.32. The summed E-state index contributed by atoms with van der Waals surface area (Å²) in [4.78, 5) is 17.6. The standard InChI is InChI=1S/C21H30N4O.2ClH/c1-13(2)25-18-9-4-3-8-17(18)24-19(25)12-23-21(26)16-10-14-6-5-7-15(11-16)20(14)22;;/h3-4,8-9,13-16,20H,5-7,10-12,22H2,1-2H3,(H,23,26);2*1H. The van der Waals surface area contributed by atoms with Crippen LogP contribution in [0.5, 0.6) is 0 Å². The number of nitrogens with one attached hydrogen (secondary N) is 1. The largest absolute Gasteiger partial charge is 0.349 e. The van der Waals surface area contributed by atoms with Gasteiger partial charge in [0.05, 0.1) is 17.6 Å². The lowest BCUT2D eigenvalue weighted by molar-refractivity contribution is -0.128. The first-order chi connectivity index (χ1) is 12.5. The summed E-state index contributed by atoms with van der Waals surface area (Å²) < 4.78 is 2.22. The highest BCUT2D eigenvalue weighted by Crippen LogP contribution is 2.41. The molecule has 4 rings (SSSR count). The summed E-state index contributed by atoms with van der Waals surface area (Å²) in [5.41, 5.74) is 8.48. The third-order valence-electron chi connectivity index (χ3n) is 6.39. The number of halogens is 2. The second-order valence-corrected chi connectivity index (χ2v) is 8.40. The van der Waals surface area contributed by atoms with Crippen molar-refractivity contribution in [2.24, 2.45) is 23.5 Å². The quantitative estimate of drug-likeness (QED) is 0.767. The molecule has 1 aromatic heterocycles. The SMILES string of the molecule is CC(C)n1c(CNC(=O)C2CC3CCCC(C2)C3N)nc2ccccc21.Cl.Cl. The predicted octanol–water partition coefficient (Wildman–Crippen LogP) is 4.23. The van der Waals surface area contributed by atoms with Gasteiger partial charge in [-0.2, -0.15) is 0 Å². The Bertz CT molecular complexity index is 793. The van der Waals surface area contributed by atoms with E-state index in [1.54, 1.807) is 0 Å². The smallest absolute Gasteiger partial charge is 0.223 e. The summed E-state index contributed by atoms with van der Waals surface area (Å²) in [6.45, 7) is 4.80. The zero-order valence-corrected chi connectivity index (χ0v) is 18.3. The van der Waals surface area contributed by atoms with Crippen molar-refractivity contribution < 1.29 is 4.79 Å². The number of carbonyl (C=O) groups is 1. The van der Waals surface area contributed by atoms with Crippen LogP contribution in [0, 0.1) is 17.8 Å². The summed E-state index contributed by atoms with van der Waals surface area (Å²) in [7, 11) is 0. The lowest BCUT2D eigenvalue weighted by Gasteiger charge is -2.43. The van der Waals surface area contributed by atoms with Gasteiger partial charge >= 0.3 is 0 Å². The van der Waals surface area contributed by atoms with Gasteiger partial charge in [0.15, 0.2) is 0 Å². The maximum absolute atomic E-state index is 12.8. The molecule has 0 radical (unpaired) electrons. The van der Waals surface area contributed by atoms with E-state index in [-0.39, 0.29) is 36.6 Å². The molecule has 0 aliphatic heterocycles. The number of fused-ring (bicyclic) bond motifs is 3. The van der Waals surface area contributed by atoms with Crippen LogP contribution in [0.15, 0.2) is 24.3 Å². The van der Waals surface area contributed by atoms with E-state index in [1.165, 1.54) is 19.3 Å². The molecule has 1 aromatic carbocycles. The van der Waals surface area contributed by atoms with Gasteiger partial charge in [0.1, 0.15) is 5.82 Å². The van der Waals surface area contributed by atoms with Crippen LogP contribution in [0.2, 0.25) is 0 Å². The maximum Gasteiger partial charge on any atom is 0.223 e. The van der Waals surface area contributed by atoms with Crippen molar-refractivity contribution in [1.29, 1.82) is 0 Å². The predicted molar refractivity (Wildman–Crippen MR) is 118 cm³/mol. The van der Waals surface area contributed by atoms with Crippen LogP contribution >= 0.6 is 24.8 Å². The van der Waals surface area contributed by atoms with Crippen molar-refractivity contribution in [2.75, 3.05) is 0 Å². The Kier molecular flexibility index (Phi) is 7.77. The first-order valence-electron chi connectivity index (χ1n) is 10.0. The van der Waals surface area contributed by atoms with E-state index in [4.69, 9.17) is 10.7 Å². The van der Waals surface area contributed by atoms with Crippen LogP contribution in [0.4, 0.5) is 0 Å². The Morgan fingerprint density at radius 1 is 1.21 bits per heavy atom. The molecule has 3 N–H and O–H groups in total. The minimum atomic E-state index is 0. The van der Waals surface area contributed by atoms with Crippen molar-refractivity contribution in [1.82, 2.24) is 14.9 Å². The van der Waals surface area contributed by atoms with Gasteiger partial charge in [0.25, 0.3) is 0 Å². The number of nitrogens with two attached hydrogens (primary N) is 1. The molecule has 0 saturated heterocycles. The van der Waals surface area contributed by atoms with E-state index in [2.05, 4.69) is 29.8 Å². The first kappa shape index (κ1) is 23.0. The molecule has 2 aliphatic rings. The van der Waals surface area contributed by atoms with E-state index >= 15 is 0 Å². The van der Waals surface area contributed by atoms with Crippen molar-refractivity contribution in [3.05, 3.63) is 30.1 Å². The Labute approximate surface area is 179 Å². The molecule has 28 heavy (non-hydrogen) atoms. The van der Waals surface area contributed by atoms with E-state index in [0.717, 1.165) is 29.7 Å². The molecule has 1 amide bonds. The van der Waals surface area contributed by atoms with Gasteiger partial charge in [-0.15, -0.1) is 24.8 Å². The van der Waals surface area contributed by atoms with Crippen molar-refractivity contribution >= 4 is 41.8 Å². The first-order valence-corrected chi connectivity index (χ1v) is 10.0. The van der Waals surface area contributed by atoms with Gasteiger partial charge in [0.2, 0.25) is 5.91 Å². The zero-order chi connectivity index (χ0) is 18.3. The number of benzene rings is 1. The molecular weight excluding hydrogens is 395 g/mol. The van der Waals surface area contributed by atoms with Crippen LogP contribution < -0.4 is 11.1 Å². The monoisotopic (exact) mass is 426 g/mol. The number of nitrogens with zero attached hydrogens (tertiary/aromatic N) is 2. The minimum absolute atomic E-state index is 0. The number of hydrogen-bond acceptors (Lipinski definition) is 3. The maximum atomic E-state index is 12.8. The van der Waals surface area contributed by atoms with E-state index < -0.39 is 0 Å². The molecule has 2 fully saturated rings. The van der Waals surface area contributed by atoms with Crippen LogP contribution in [-0.2, 0) is 11.3 Å². The molecule has 0 spiro atoms. The normalized spacial score (nSPS) is 26.4. The summed E-state index contributed by atoms with van der Waals surface area (Å²) in [6.07, 6.45) is 5.54. The highest BCUT2D eigenvalue weighted by Gasteiger charge is 2.40. The number of imidazole rings is 1. The Morgan fingerprint density at radius 3 is 2.50 bits per heavy atom. The zero-order valence-electron chi connectivity index (χ0n) is 16.6. The van der Waals surface area contributed by atoms with Gasteiger partial charge in [-0.1, -0.05) is 18.6 Å². The fourth-order valence-corrected chi connectivity index (χ4v) is 5.11. The number of aromatic nitrogens is 2. The molecule has 7 heteroatoms.